The molecule has 0 atom stereocenters. The van der Waals surface area contributed by atoms with E-state index in [0.29, 0.717) is 10.2 Å². The largest absolute Gasteiger partial charge is 0.420 e. The fraction of sp³-hybridized carbons (Fsp3) is 0.462. The van der Waals surface area contributed by atoms with Crippen LogP contribution >= 0.6 is 0 Å². The van der Waals surface area contributed by atoms with Gasteiger partial charge in [-0.2, -0.15) is 0 Å². The summed E-state index contributed by atoms with van der Waals surface area (Å²) in [5.74, 6) is 0.409. The molecule has 0 saturated heterocycles. The lowest BCUT2D eigenvalue weighted by Crippen LogP contribution is -2.35. The van der Waals surface area contributed by atoms with E-state index in [2.05, 4.69) is 27.2 Å². The van der Waals surface area contributed by atoms with Crippen molar-refractivity contribution in [2.45, 2.75) is 20.8 Å². The lowest BCUT2D eigenvalue weighted by Gasteiger charge is -2.26. The second-order valence-electron chi connectivity index (χ2n) is 5.04. The number of quaternary nitrogens is 1. The first-order chi connectivity index (χ1) is 7.21. The zero-order valence-electron chi connectivity index (χ0n) is 10.9. The minimum Gasteiger partial charge on any atom is -0.420 e. The van der Waals surface area contributed by atoms with E-state index in [4.69, 9.17) is 4.74 Å². The van der Waals surface area contributed by atoms with E-state index in [-0.39, 0.29) is 5.97 Å². The van der Waals surface area contributed by atoms with Crippen LogP contribution in [0.4, 0.5) is 5.69 Å². The van der Waals surface area contributed by atoms with Gasteiger partial charge in [0.15, 0.2) is 11.4 Å². The van der Waals surface area contributed by atoms with Crippen molar-refractivity contribution >= 4 is 11.7 Å². The topological polar surface area (TPSA) is 26.3 Å². The maximum atomic E-state index is 11.1. The van der Waals surface area contributed by atoms with Gasteiger partial charge in [-0.1, -0.05) is 6.07 Å². The van der Waals surface area contributed by atoms with Crippen LogP contribution in [-0.2, 0) is 4.79 Å². The Kier molecular flexibility index (Phi) is 3.38. The van der Waals surface area contributed by atoms with E-state index >= 15 is 0 Å². The highest BCUT2D eigenvalue weighted by Gasteiger charge is 2.22. The van der Waals surface area contributed by atoms with E-state index < -0.39 is 0 Å². The lowest BCUT2D eigenvalue weighted by atomic mass is 10.1. The molecule has 1 rings (SSSR count). The molecule has 0 saturated carbocycles. The molecule has 0 heterocycles. The van der Waals surface area contributed by atoms with Crippen molar-refractivity contribution in [2.24, 2.45) is 0 Å². The fourth-order valence-corrected chi connectivity index (χ4v) is 1.71. The van der Waals surface area contributed by atoms with E-state index in [1.807, 2.05) is 19.9 Å². The molecule has 0 aliphatic heterocycles. The van der Waals surface area contributed by atoms with Crippen molar-refractivity contribution in [3.8, 4) is 5.75 Å². The Morgan fingerprint density at radius 3 is 2.19 bits per heavy atom. The Labute approximate surface area is 97.2 Å². The first kappa shape index (κ1) is 12.7. The molecule has 0 fully saturated rings. The normalized spacial score (nSPS) is 11.4. The average molecular weight is 222 g/mol. The van der Waals surface area contributed by atoms with E-state index in [1.165, 1.54) is 12.5 Å². The zero-order valence-corrected chi connectivity index (χ0v) is 10.9. The molecule has 0 amide bonds. The number of carbonyl (C=O) groups is 1. The monoisotopic (exact) mass is 222 g/mol. The SMILES string of the molecule is CC(=O)Oc1c(C)cc(C)cc1[N+](C)(C)C. The average Bonchev–Trinajstić information content (AvgIpc) is 2.06. The third kappa shape index (κ3) is 2.83. The molecule has 0 unspecified atom stereocenters. The van der Waals surface area contributed by atoms with Gasteiger partial charge in [-0.25, -0.2) is 0 Å². The summed E-state index contributed by atoms with van der Waals surface area (Å²) < 4.78 is 5.93. The smallest absolute Gasteiger partial charge is 0.308 e. The van der Waals surface area contributed by atoms with Gasteiger partial charge in [0.25, 0.3) is 0 Å². The fourth-order valence-electron chi connectivity index (χ4n) is 1.71. The molecule has 0 N–H and O–H groups in total. The summed E-state index contributed by atoms with van der Waals surface area (Å²) in [6, 6.07) is 4.09. The number of rotatable bonds is 2. The summed E-state index contributed by atoms with van der Waals surface area (Å²) >= 11 is 0. The number of benzene rings is 1. The second-order valence-corrected chi connectivity index (χ2v) is 5.04. The molecule has 0 bridgehead atoms. The minimum atomic E-state index is -0.276. The summed E-state index contributed by atoms with van der Waals surface area (Å²) in [5, 5.41) is 0. The molecule has 3 nitrogen and oxygen atoms in total. The van der Waals surface area contributed by atoms with Gasteiger partial charge in [0, 0.05) is 13.0 Å². The molecule has 0 spiro atoms. The van der Waals surface area contributed by atoms with Crippen molar-refractivity contribution in [1.82, 2.24) is 4.48 Å². The van der Waals surface area contributed by atoms with Crippen LogP contribution < -0.4 is 9.22 Å². The van der Waals surface area contributed by atoms with E-state index in [1.54, 1.807) is 0 Å². The second kappa shape index (κ2) is 4.26. The zero-order chi connectivity index (χ0) is 12.5. The van der Waals surface area contributed by atoms with Crippen molar-refractivity contribution < 1.29 is 9.53 Å². The number of aryl methyl sites for hydroxylation is 2. The minimum absolute atomic E-state index is 0.276. The number of hydrogen-bond acceptors (Lipinski definition) is 2. The first-order valence-electron chi connectivity index (χ1n) is 5.33. The lowest BCUT2D eigenvalue weighted by molar-refractivity contribution is -0.131. The highest BCUT2D eigenvalue weighted by molar-refractivity contribution is 5.73. The van der Waals surface area contributed by atoms with Crippen LogP contribution in [0.5, 0.6) is 5.75 Å². The van der Waals surface area contributed by atoms with Gasteiger partial charge in [0.2, 0.25) is 0 Å². The molecule has 0 aliphatic rings. The Balaban J connectivity index is 3.38. The number of nitrogens with zero attached hydrogens (tertiary/aromatic N) is 1. The van der Waals surface area contributed by atoms with Crippen LogP contribution in [0.15, 0.2) is 12.1 Å². The highest BCUT2D eigenvalue weighted by Crippen LogP contribution is 2.34. The molecule has 1 aromatic carbocycles. The first-order valence-corrected chi connectivity index (χ1v) is 5.33. The molecular formula is C13H20NO2+. The number of ether oxygens (including phenoxy) is 1. The summed E-state index contributed by atoms with van der Waals surface area (Å²) in [4.78, 5) is 11.1. The van der Waals surface area contributed by atoms with Crippen LogP contribution in [0, 0.1) is 13.8 Å². The molecule has 0 aliphatic carbocycles. The summed E-state index contributed by atoms with van der Waals surface area (Å²) in [5.41, 5.74) is 3.20. The van der Waals surface area contributed by atoms with Gasteiger partial charge in [-0.3, -0.25) is 9.28 Å². The quantitative estimate of drug-likeness (QED) is 0.436. The number of hydrogen-bond donors (Lipinski definition) is 0. The molecule has 88 valence electrons. The highest BCUT2D eigenvalue weighted by atomic mass is 16.5. The summed E-state index contributed by atoms with van der Waals surface area (Å²) in [7, 11) is 6.17. The number of carbonyl (C=O) groups excluding carboxylic acids is 1. The van der Waals surface area contributed by atoms with Crippen LogP contribution in [0.1, 0.15) is 18.1 Å². The maximum absolute atomic E-state index is 11.1. The third-order valence-electron chi connectivity index (χ3n) is 2.37. The Morgan fingerprint density at radius 2 is 1.75 bits per heavy atom. The van der Waals surface area contributed by atoms with Crippen molar-refractivity contribution in [1.29, 1.82) is 0 Å². The van der Waals surface area contributed by atoms with Crippen LogP contribution in [0.25, 0.3) is 0 Å². The van der Waals surface area contributed by atoms with Crippen molar-refractivity contribution in [2.75, 3.05) is 21.1 Å². The van der Waals surface area contributed by atoms with Gasteiger partial charge in [-0.05, 0) is 25.0 Å². The van der Waals surface area contributed by atoms with E-state index in [9.17, 15) is 4.79 Å². The maximum Gasteiger partial charge on any atom is 0.308 e. The van der Waals surface area contributed by atoms with Gasteiger partial charge >= 0.3 is 5.97 Å². The predicted octanol–water partition coefficient (Wildman–Crippen LogP) is 2.43. The summed E-state index contributed by atoms with van der Waals surface area (Å²) in [6.45, 7) is 5.44. The van der Waals surface area contributed by atoms with Crippen molar-refractivity contribution in [3.05, 3.63) is 23.3 Å². The molecule has 16 heavy (non-hydrogen) atoms. The molecule has 1 aromatic rings. The predicted molar refractivity (Wildman–Crippen MR) is 66.8 cm³/mol. The Bertz CT molecular complexity index is 417. The van der Waals surface area contributed by atoms with Gasteiger partial charge in [-0.15, -0.1) is 0 Å². The van der Waals surface area contributed by atoms with Gasteiger partial charge in [0.05, 0.1) is 21.1 Å². The van der Waals surface area contributed by atoms with E-state index in [0.717, 1.165) is 11.3 Å². The Morgan fingerprint density at radius 1 is 1.19 bits per heavy atom. The van der Waals surface area contributed by atoms with Crippen LogP contribution in [0.2, 0.25) is 0 Å². The van der Waals surface area contributed by atoms with Gasteiger partial charge < -0.3 is 4.74 Å². The van der Waals surface area contributed by atoms with Crippen molar-refractivity contribution in [3.63, 3.8) is 0 Å². The molecule has 0 radical (unpaired) electrons. The summed E-state index contributed by atoms with van der Waals surface area (Å²) in [6.07, 6.45) is 0. The Hall–Kier alpha value is -1.35. The standard InChI is InChI=1S/C13H20NO2/c1-9-7-10(2)13(16-11(3)15)12(8-9)14(4,5)6/h7-8H,1-6H3/q+1. The third-order valence-corrected chi connectivity index (χ3v) is 2.37. The van der Waals surface area contributed by atoms with Crippen LogP contribution in [-0.4, -0.2) is 27.1 Å². The van der Waals surface area contributed by atoms with Crippen LogP contribution in [0.3, 0.4) is 0 Å². The number of esters is 1. The molecule has 3 heteroatoms. The molecule has 0 aromatic heterocycles. The van der Waals surface area contributed by atoms with Gasteiger partial charge in [0.1, 0.15) is 0 Å². The molecular weight excluding hydrogens is 202 g/mol.